The molecule has 2 saturated heterocycles. The van der Waals surface area contributed by atoms with Crippen LogP contribution in [0.5, 0.6) is 0 Å². The summed E-state index contributed by atoms with van der Waals surface area (Å²) in [5.74, 6) is -1.40. The zero-order valence-corrected chi connectivity index (χ0v) is 11.9. The topological polar surface area (TPSA) is 95.7 Å². The van der Waals surface area contributed by atoms with Gasteiger partial charge in [0, 0.05) is 32.7 Å². The van der Waals surface area contributed by atoms with Gasteiger partial charge in [-0.2, -0.15) is 0 Å². The summed E-state index contributed by atoms with van der Waals surface area (Å²) in [7, 11) is 0. The van der Waals surface area contributed by atoms with Crippen LogP contribution in [0.4, 0.5) is 0 Å². The number of hydrogen-bond donors (Lipinski definition) is 2. The van der Waals surface area contributed by atoms with E-state index < -0.39 is 23.1 Å². The molecule has 2 fully saturated rings. The summed E-state index contributed by atoms with van der Waals surface area (Å²) in [6, 6.07) is 0. The summed E-state index contributed by atoms with van der Waals surface area (Å²) in [6.07, 6.45) is 1.36. The lowest BCUT2D eigenvalue weighted by Crippen LogP contribution is -2.47. The van der Waals surface area contributed by atoms with Gasteiger partial charge >= 0.3 is 11.8 Å². The summed E-state index contributed by atoms with van der Waals surface area (Å²) < 4.78 is 0. The molecule has 3 amide bonds. The summed E-state index contributed by atoms with van der Waals surface area (Å²) in [5.41, 5.74) is 4.64. The summed E-state index contributed by atoms with van der Waals surface area (Å²) in [4.78, 5) is 38.9. The van der Waals surface area contributed by atoms with Crippen LogP contribution in [0, 0.1) is 5.41 Å². The van der Waals surface area contributed by atoms with Crippen LogP contribution < -0.4 is 11.1 Å². The zero-order chi connectivity index (χ0) is 14.8. The van der Waals surface area contributed by atoms with Crippen molar-refractivity contribution in [2.45, 2.75) is 19.8 Å². The van der Waals surface area contributed by atoms with Gasteiger partial charge in [0.15, 0.2) is 0 Å². The second-order valence-electron chi connectivity index (χ2n) is 5.80. The van der Waals surface area contributed by atoms with Gasteiger partial charge in [0.05, 0.1) is 5.41 Å². The lowest BCUT2D eigenvalue weighted by atomic mass is 9.89. The first-order chi connectivity index (χ1) is 9.44. The van der Waals surface area contributed by atoms with Crippen molar-refractivity contribution in [1.29, 1.82) is 0 Å². The monoisotopic (exact) mass is 282 g/mol. The molecule has 0 aromatic heterocycles. The minimum atomic E-state index is -0.712. The number of nitrogens with zero attached hydrogens (tertiary/aromatic N) is 2. The number of nitrogens with one attached hydrogen (secondary N) is 1. The first-order valence-corrected chi connectivity index (χ1v) is 7.03. The molecule has 2 aliphatic rings. The maximum absolute atomic E-state index is 12.2. The van der Waals surface area contributed by atoms with E-state index in [9.17, 15) is 14.4 Å². The van der Waals surface area contributed by atoms with Gasteiger partial charge in [-0.15, -0.1) is 0 Å². The summed E-state index contributed by atoms with van der Waals surface area (Å²) >= 11 is 0. The van der Waals surface area contributed by atoms with Crippen LogP contribution in [-0.4, -0.2) is 66.8 Å². The highest BCUT2D eigenvalue weighted by Gasteiger charge is 2.42. The van der Waals surface area contributed by atoms with Gasteiger partial charge < -0.3 is 20.9 Å². The molecule has 20 heavy (non-hydrogen) atoms. The molecule has 7 heteroatoms. The van der Waals surface area contributed by atoms with E-state index in [1.165, 1.54) is 4.90 Å². The number of primary amides is 1. The number of nitrogens with two attached hydrogens (primary N) is 1. The molecule has 0 radical (unpaired) electrons. The Kier molecular flexibility index (Phi) is 4.27. The van der Waals surface area contributed by atoms with Gasteiger partial charge in [0.1, 0.15) is 0 Å². The highest BCUT2D eigenvalue weighted by molar-refractivity contribution is 6.35. The third-order valence-electron chi connectivity index (χ3n) is 4.17. The maximum Gasteiger partial charge on any atom is 0.312 e. The van der Waals surface area contributed by atoms with Crippen LogP contribution >= 0.6 is 0 Å². The number of carbonyl (C=O) groups is 3. The van der Waals surface area contributed by atoms with Crippen LogP contribution in [0.1, 0.15) is 19.8 Å². The lowest BCUT2D eigenvalue weighted by molar-refractivity contribution is -0.151. The average molecular weight is 282 g/mol. The Bertz CT molecular complexity index is 418. The van der Waals surface area contributed by atoms with E-state index in [-0.39, 0.29) is 6.54 Å². The average Bonchev–Trinajstić information content (AvgIpc) is 2.65. The van der Waals surface area contributed by atoms with Gasteiger partial charge in [0.25, 0.3) is 0 Å². The van der Waals surface area contributed by atoms with E-state index >= 15 is 0 Å². The van der Waals surface area contributed by atoms with E-state index in [0.29, 0.717) is 32.6 Å². The Balaban J connectivity index is 1.97. The Hall–Kier alpha value is -1.63. The molecule has 0 aromatic carbocycles. The Morgan fingerprint density at radius 1 is 1.05 bits per heavy atom. The number of rotatable bonds is 1. The quantitative estimate of drug-likeness (QED) is 0.574. The molecule has 2 heterocycles. The van der Waals surface area contributed by atoms with Crippen molar-refractivity contribution < 1.29 is 14.4 Å². The van der Waals surface area contributed by atoms with Crippen molar-refractivity contribution in [2.24, 2.45) is 11.1 Å². The smallest absolute Gasteiger partial charge is 0.312 e. The van der Waals surface area contributed by atoms with Crippen molar-refractivity contribution >= 4 is 17.7 Å². The molecule has 112 valence electrons. The first kappa shape index (κ1) is 14.8. The molecule has 3 N–H and O–H groups in total. The molecule has 0 bridgehead atoms. The number of carbonyl (C=O) groups excluding carboxylic acids is 3. The molecule has 2 aliphatic heterocycles. The maximum atomic E-state index is 12.2. The minimum absolute atomic E-state index is 0.235. The fraction of sp³-hybridized carbons (Fsp3) is 0.769. The molecule has 0 aliphatic carbocycles. The van der Waals surface area contributed by atoms with Gasteiger partial charge in [-0.25, -0.2) is 0 Å². The minimum Gasteiger partial charge on any atom is -0.369 e. The van der Waals surface area contributed by atoms with Crippen molar-refractivity contribution in [3.63, 3.8) is 0 Å². The van der Waals surface area contributed by atoms with Gasteiger partial charge in [-0.1, -0.05) is 0 Å². The number of amides is 3. The molecule has 1 atom stereocenters. The molecule has 0 saturated carbocycles. The first-order valence-electron chi connectivity index (χ1n) is 7.03. The second-order valence-corrected chi connectivity index (χ2v) is 5.80. The predicted molar refractivity (Wildman–Crippen MR) is 72.6 cm³/mol. The van der Waals surface area contributed by atoms with Crippen LogP contribution in [-0.2, 0) is 14.4 Å². The van der Waals surface area contributed by atoms with Gasteiger partial charge in [-0.3, -0.25) is 14.4 Å². The van der Waals surface area contributed by atoms with E-state index in [1.54, 1.807) is 11.8 Å². The number of hydrogen-bond acceptors (Lipinski definition) is 4. The third-order valence-corrected chi connectivity index (χ3v) is 4.17. The van der Waals surface area contributed by atoms with E-state index in [4.69, 9.17) is 5.73 Å². The van der Waals surface area contributed by atoms with Crippen LogP contribution in [0.2, 0.25) is 0 Å². The summed E-state index contributed by atoms with van der Waals surface area (Å²) in [6.45, 7) is 5.10. The molecule has 1 unspecified atom stereocenters. The molecule has 2 rings (SSSR count). The van der Waals surface area contributed by atoms with E-state index in [1.807, 2.05) is 0 Å². The molecular weight excluding hydrogens is 260 g/mol. The van der Waals surface area contributed by atoms with Crippen LogP contribution in [0.3, 0.4) is 0 Å². The summed E-state index contributed by atoms with van der Waals surface area (Å²) in [5, 5.41) is 3.19. The second kappa shape index (κ2) is 5.78. The zero-order valence-electron chi connectivity index (χ0n) is 11.9. The normalized spacial score (nSPS) is 27.2. The van der Waals surface area contributed by atoms with Crippen molar-refractivity contribution in [1.82, 2.24) is 15.1 Å². The SMILES string of the molecule is CC1(C(N)=O)CCN(C(=O)C(=O)N2CCCNCC2)C1. The van der Waals surface area contributed by atoms with E-state index in [0.717, 1.165) is 13.0 Å². The van der Waals surface area contributed by atoms with Crippen molar-refractivity contribution in [3.8, 4) is 0 Å². The fourth-order valence-electron chi connectivity index (χ4n) is 2.65. The number of likely N-dealkylation sites (tertiary alicyclic amines) is 1. The fourth-order valence-corrected chi connectivity index (χ4v) is 2.65. The largest absolute Gasteiger partial charge is 0.369 e. The van der Waals surface area contributed by atoms with Crippen molar-refractivity contribution in [3.05, 3.63) is 0 Å². The van der Waals surface area contributed by atoms with Crippen molar-refractivity contribution in [2.75, 3.05) is 39.3 Å². The van der Waals surface area contributed by atoms with E-state index in [2.05, 4.69) is 5.32 Å². The standard InChI is InChI=1S/C13H22N4O3/c1-13(12(14)20)3-7-17(9-13)11(19)10(18)16-6-2-4-15-5-8-16/h15H,2-9H2,1H3,(H2,14,20). The van der Waals surface area contributed by atoms with Gasteiger partial charge in [-0.05, 0) is 26.3 Å². The lowest BCUT2D eigenvalue weighted by Gasteiger charge is -2.24. The van der Waals surface area contributed by atoms with Gasteiger partial charge in [0.2, 0.25) is 5.91 Å². The predicted octanol–water partition coefficient (Wildman–Crippen LogP) is -1.47. The third kappa shape index (κ3) is 2.92. The molecule has 0 spiro atoms. The molecule has 0 aromatic rings. The Morgan fingerprint density at radius 2 is 1.75 bits per heavy atom. The van der Waals surface area contributed by atoms with Crippen LogP contribution in [0.25, 0.3) is 0 Å². The highest BCUT2D eigenvalue weighted by Crippen LogP contribution is 2.29. The molecule has 7 nitrogen and oxygen atoms in total. The Labute approximate surface area is 118 Å². The highest BCUT2D eigenvalue weighted by atomic mass is 16.2. The molecular formula is C13H22N4O3. The Morgan fingerprint density at radius 3 is 2.40 bits per heavy atom. The van der Waals surface area contributed by atoms with Crippen LogP contribution in [0.15, 0.2) is 0 Å².